The van der Waals surface area contributed by atoms with Crippen LogP contribution in [0.1, 0.15) is 28.9 Å². The van der Waals surface area contributed by atoms with Crippen molar-refractivity contribution in [1.29, 1.82) is 0 Å². The molecule has 0 N–H and O–H groups in total. The molecule has 0 spiro atoms. The summed E-state index contributed by atoms with van der Waals surface area (Å²) < 4.78 is 38.2. The van der Waals surface area contributed by atoms with Crippen LogP contribution in [0.5, 0.6) is 0 Å². The molecule has 0 aliphatic carbocycles. The monoisotopic (exact) mass is 430 g/mol. The normalized spacial score (nSPS) is 23.3. The van der Waals surface area contributed by atoms with Crippen molar-refractivity contribution in [2.45, 2.75) is 24.0 Å². The minimum absolute atomic E-state index is 0.0890. The number of benzene rings is 2. The van der Waals surface area contributed by atoms with Gasteiger partial charge in [0, 0.05) is 25.2 Å². The Kier molecular flexibility index (Phi) is 6.19. The maximum Gasteiger partial charge on any atom is 0.254 e. The molecule has 2 heterocycles. The highest BCUT2D eigenvalue weighted by Gasteiger charge is 2.31. The van der Waals surface area contributed by atoms with E-state index in [1.807, 2.05) is 37.3 Å². The van der Waals surface area contributed by atoms with Crippen LogP contribution in [0.3, 0.4) is 0 Å². The summed E-state index contributed by atoms with van der Waals surface area (Å²) in [4.78, 5) is 15.0. The highest BCUT2D eigenvalue weighted by Crippen LogP contribution is 2.26. The van der Waals surface area contributed by atoms with E-state index in [-0.39, 0.29) is 23.0 Å². The first kappa shape index (κ1) is 21.0. The molecular weight excluding hydrogens is 404 g/mol. The highest BCUT2D eigenvalue weighted by atomic mass is 32.2. The average molecular weight is 431 g/mol. The zero-order valence-corrected chi connectivity index (χ0v) is 17.8. The summed E-state index contributed by atoms with van der Waals surface area (Å²) in [6, 6.07) is 16.1. The second-order valence-corrected chi connectivity index (χ2v) is 9.53. The van der Waals surface area contributed by atoms with Crippen LogP contribution >= 0.6 is 0 Å². The number of carbonyl (C=O) groups is 1. The van der Waals surface area contributed by atoms with E-state index in [0.717, 1.165) is 5.56 Å². The molecule has 0 unspecified atom stereocenters. The Balaban J connectivity index is 1.49. The van der Waals surface area contributed by atoms with Crippen molar-refractivity contribution < 1.29 is 22.7 Å². The zero-order valence-electron chi connectivity index (χ0n) is 16.9. The zero-order chi connectivity index (χ0) is 21.1. The van der Waals surface area contributed by atoms with Gasteiger partial charge in [0.2, 0.25) is 10.0 Å². The number of rotatable bonds is 4. The van der Waals surface area contributed by atoms with Gasteiger partial charge in [-0.3, -0.25) is 4.79 Å². The van der Waals surface area contributed by atoms with Crippen LogP contribution < -0.4 is 0 Å². The van der Waals surface area contributed by atoms with E-state index in [9.17, 15) is 13.2 Å². The lowest BCUT2D eigenvalue weighted by atomic mass is 10.1. The smallest absolute Gasteiger partial charge is 0.254 e. The minimum atomic E-state index is -3.57. The van der Waals surface area contributed by atoms with E-state index in [2.05, 4.69) is 0 Å². The molecule has 0 saturated carbocycles. The summed E-state index contributed by atoms with van der Waals surface area (Å²) in [5.74, 6) is -0.124. The maximum atomic E-state index is 13.1. The lowest BCUT2D eigenvalue weighted by Crippen LogP contribution is -2.46. The van der Waals surface area contributed by atoms with Gasteiger partial charge in [-0.2, -0.15) is 4.31 Å². The highest BCUT2D eigenvalue weighted by molar-refractivity contribution is 7.89. The quantitative estimate of drug-likeness (QED) is 0.744. The van der Waals surface area contributed by atoms with E-state index in [0.29, 0.717) is 45.0 Å². The summed E-state index contributed by atoms with van der Waals surface area (Å²) in [5.41, 5.74) is 1.51. The molecular formula is C22H26N2O5S. The van der Waals surface area contributed by atoms with Crippen LogP contribution in [0.4, 0.5) is 0 Å². The summed E-state index contributed by atoms with van der Waals surface area (Å²) in [7, 11) is -3.57. The molecule has 2 aliphatic rings. The van der Waals surface area contributed by atoms with Crippen molar-refractivity contribution in [1.82, 2.24) is 9.21 Å². The Morgan fingerprint density at radius 2 is 1.63 bits per heavy atom. The van der Waals surface area contributed by atoms with Gasteiger partial charge in [0.1, 0.15) is 6.10 Å². The Morgan fingerprint density at radius 3 is 2.30 bits per heavy atom. The standard InChI is InChI=1S/C22H26N2O5S/c1-17-15-23(16-21(29-17)18-5-3-2-4-6-18)22(25)19-7-9-20(10-8-19)30(26,27)24-11-13-28-14-12-24/h2-10,17,21H,11-16H2,1H3/t17-,21+/m1/s1. The van der Waals surface area contributed by atoms with Crippen molar-refractivity contribution in [3.8, 4) is 0 Å². The van der Waals surface area contributed by atoms with Crippen LogP contribution in [0.15, 0.2) is 59.5 Å². The molecule has 2 saturated heterocycles. The van der Waals surface area contributed by atoms with E-state index in [1.54, 1.807) is 17.0 Å². The fraction of sp³-hybridized carbons (Fsp3) is 0.409. The first-order chi connectivity index (χ1) is 14.4. The minimum Gasteiger partial charge on any atom is -0.379 e. The maximum absolute atomic E-state index is 13.1. The Bertz CT molecular complexity index is 972. The van der Waals surface area contributed by atoms with E-state index in [1.165, 1.54) is 16.4 Å². The number of hydrogen-bond donors (Lipinski definition) is 0. The summed E-state index contributed by atoms with van der Waals surface area (Å²) in [6.07, 6.45) is -0.270. The van der Waals surface area contributed by atoms with Crippen LogP contribution in [-0.2, 0) is 19.5 Å². The van der Waals surface area contributed by atoms with Crippen LogP contribution in [-0.4, -0.2) is 69.0 Å². The molecule has 0 aromatic heterocycles. The van der Waals surface area contributed by atoms with Crippen molar-refractivity contribution in [2.75, 3.05) is 39.4 Å². The fourth-order valence-electron chi connectivity index (χ4n) is 3.86. The molecule has 0 radical (unpaired) electrons. The number of ether oxygens (including phenoxy) is 2. The molecule has 8 heteroatoms. The molecule has 2 atom stereocenters. The average Bonchev–Trinajstić information content (AvgIpc) is 2.79. The van der Waals surface area contributed by atoms with Crippen molar-refractivity contribution in [3.63, 3.8) is 0 Å². The third-order valence-corrected chi connectivity index (χ3v) is 7.34. The summed E-state index contributed by atoms with van der Waals surface area (Å²) in [6.45, 7) is 4.39. The van der Waals surface area contributed by atoms with Gasteiger partial charge in [0.25, 0.3) is 5.91 Å². The summed E-state index contributed by atoms with van der Waals surface area (Å²) >= 11 is 0. The summed E-state index contributed by atoms with van der Waals surface area (Å²) in [5, 5.41) is 0. The molecule has 2 aliphatic heterocycles. The second-order valence-electron chi connectivity index (χ2n) is 7.60. The van der Waals surface area contributed by atoms with Crippen molar-refractivity contribution >= 4 is 15.9 Å². The van der Waals surface area contributed by atoms with E-state index >= 15 is 0 Å². The largest absolute Gasteiger partial charge is 0.379 e. The predicted octanol–water partition coefficient (Wildman–Crippen LogP) is 2.31. The number of sulfonamides is 1. The van der Waals surface area contributed by atoms with Crippen LogP contribution in [0, 0.1) is 0 Å². The number of nitrogens with zero attached hydrogens (tertiary/aromatic N) is 2. The van der Waals surface area contributed by atoms with Crippen molar-refractivity contribution in [2.24, 2.45) is 0 Å². The Morgan fingerprint density at radius 1 is 0.967 bits per heavy atom. The fourth-order valence-corrected chi connectivity index (χ4v) is 5.27. The number of morpholine rings is 2. The van der Waals surface area contributed by atoms with Gasteiger partial charge in [-0.05, 0) is 36.8 Å². The van der Waals surface area contributed by atoms with Crippen LogP contribution in [0.2, 0.25) is 0 Å². The van der Waals surface area contributed by atoms with Crippen LogP contribution in [0.25, 0.3) is 0 Å². The predicted molar refractivity (Wildman–Crippen MR) is 112 cm³/mol. The second kappa shape index (κ2) is 8.85. The number of amides is 1. The topological polar surface area (TPSA) is 76.2 Å². The molecule has 4 rings (SSSR count). The van der Waals surface area contributed by atoms with Crippen molar-refractivity contribution in [3.05, 3.63) is 65.7 Å². The third-order valence-electron chi connectivity index (χ3n) is 5.43. The van der Waals surface area contributed by atoms with Gasteiger partial charge in [-0.1, -0.05) is 30.3 Å². The molecule has 160 valence electrons. The Labute approximate surface area is 177 Å². The molecule has 30 heavy (non-hydrogen) atoms. The lowest BCUT2D eigenvalue weighted by Gasteiger charge is -2.37. The molecule has 0 bridgehead atoms. The molecule has 2 aromatic carbocycles. The Hall–Kier alpha value is -2.26. The van der Waals surface area contributed by atoms with Gasteiger partial charge >= 0.3 is 0 Å². The van der Waals surface area contributed by atoms with Gasteiger partial charge in [-0.25, -0.2) is 8.42 Å². The molecule has 1 amide bonds. The molecule has 7 nitrogen and oxygen atoms in total. The van der Waals surface area contributed by atoms with E-state index in [4.69, 9.17) is 9.47 Å². The molecule has 2 fully saturated rings. The third kappa shape index (κ3) is 4.41. The lowest BCUT2D eigenvalue weighted by molar-refractivity contribution is -0.0691. The number of hydrogen-bond acceptors (Lipinski definition) is 5. The van der Waals surface area contributed by atoms with Gasteiger partial charge < -0.3 is 14.4 Å². The van der Waals surface area contributed by atoms with E-state index < -0.39 is 10.0 Å². The van der Waals surface area contributed by atoms with Gasteiger partial charge in [-0.15, -0.1) is 0 Å². The van der Waals surface area contributed by atoms with Gasteiger partial charge in [0.15, 0.2) is 0 Å². The van der Waals surface area contributed by atoms with Gasteiger partial charge in [0.05, 0.1) is 30.8 Å². The molecule has 2 aromatic rings. The number of carbonyl (C=O) groups excluding carboxylic acids is 1. The first-order valence-electron chi connectivity index (χ1n) is 10.1. The SMILES string of the molecule is C[C@@H]1CN(C(=O)c2ccc(S(=O)(=O)N3CCOCC3)cc2)C[C@@H](c2ccccc2)O1. The first-order valence-corrected chi connectivity index (χ1v) is 11.6.